The minimum Gasteiger partial charge on any atom is -0.508 e. The first-order valence-corrected chi connectivity index (χ1v) is 9.70. The second-order valence-corrected chi connectivity index (χ2v) is 7.76. The van der Waals surface area contributed by atoms with Gasteiger partial charge in [0.05, 0.1) is 6.54 Å². The van der Waals surface area contributed by atoms with Gasteiger partial charge in [-0.3, -0.25) is 9.69 Å². The molecule has 1 aliphatic heterocycles. The predicted octanol–water partition coefficient (Wildman–Crippen LogP) is 4.32. The van der Waals surface area contributed by atoms with Gasteiger partial charge in [-0.2, -0.15) is 0 Å². The number of ketones is 1. The van der Waals surface area contributed by atoms with Crippen LogP contribution in [0, 0.1) is 12.8 Å². The summed E-state index contributed by atoms with van der Waals surface area (Å²) < 4.78 is 0. The summed E-state index contributed by atoms with van der Waals surface area (Å²) >= 11 is 0. The van der Waals surface area contributed by atoms with Crippen molar-refractivity contribution in [3.63, 3.8) is 0 Å². The molecule has 0 aliphatic carbocycles. The smallest absolute Gasteiger partial charge is 0.178 e. The van der Waals surface area contributed by atoms with E-state index < -0.39 is 0 Å². The average molecular weight is 362 g/mol. The van der Waals surface area contributed by atoms with Gasteiger partial charge in [0.15, 0.2) is 5.78 Å². The highest BCUT2D eigenvalue weighted by molar-refractivity contribution is 6.09. The molecule has 0 saturated carbocycles. The number of hydrogen-bond acceptors (Lipinski definition) is 3. The van der Waals surface area contributed by atoms with Gasteiger partial charge in [-0.1, -0.05) is 29.8 Å². The summed E-state index contributed by atoms with van der Waals surface area (Å²) in [6.07, 6.45) is 5.16. The minimum absolute atomic E-state index is 0.115. The molecule has 140 valence electrons. The molecule has 1 aliphatic rings. The molecule has 3 aromatic rings. The highest BCUT2D eigenvalue weighted by Crippen LogP contribution is 2.25. The summed E-state index contributed by atoms with van der Waals surface area (Å²) in [5.74, 6) is 1.00. The highest BCUT2D eigenvalue weighted by Gasteiger charge is 2.22. The number of nitrogens with one attached hydrogen (secondary N) is 1. The van der Waals surface area contributed by atoms with Crippen LogP contribution in [0.3, 0.4) is 0 Å². The molecular formula is C23H26N2O2. The number of piperidine rings is 1. The van der Waals surface area contributed by atoms with Crippen LogP contribution in [0.25, 0.3) is 10.9 Å². The van der Waals surface area contributed by atoms with Crippen LogP contribution in [0.5, 0.6) is 5.75 Å². The molecule has 4 rings (SSSR count). The fourth-order valence-electron chi connectivity index (χ4n) is 4.03. The van der Waals surface area contributed by atoms with Crippen LogP contribution >= 0.6 is 0 Å². The molecular weight excluding hydrogens is 336 g/mol. The number of rotatable bonds is 5. The first kappa shape index (κ1) is 17.8. The van der Waals surface area contributed by atoms with Crippen molar-refractivity contribution in [2.45, 2.75) is 26.2 Å². The van der Waals surface area contributed by atoms with Crippen LogP contribution in [-0.2, 0) is 6.42 Å². The molecule has 4 nitrogen and oxygen atoms in total. The number of nitrogens with zero attached hydrogens (tertiary/aromatic N) is 1. The van der Waals surface area contributed by atoms with Crippen molar-refractivity contribution in [2.24, 2.45) is 5.92 Å². The molecule has 0 atom stereocenters. The van der Waals surface area contributed by atoms with Gasteiger partial charge >= 0.3 is 0 Å². The van der Waals surface area contributed by atoms with E-state index in [9.17, 15) is 9.90 Å². The number of hydrogen-bond donors (Lipinski definition) is 2. The first-order valence-electron chi connectivity index (χ1n) is 9.70. The normalized spacial score (nSPS) is 16.0. The van der Waals surface area contributed by atoms with E-state index in [2.05, 4.69) is 41.1 Å². The van der Waals surface area contributed by atoms with Crippen LogP contribution in [0.4, 0.5) is 0 Å². The molecule has 2 aromatic carbocycles. The van der Waals surface area contributed by atoms with Crippen LogP contribution < -0.4 is 0 Å². The number of fused-ring (bicyclic) bond motifs is 1. The van der Waals surface area contributed by atoms with Crippen molar-refractivity contribution in [3.8, 4) is 5.75 Å². The number of H-pyrrole nitrogens is 1. The van der Waals surface area contributed by atoms with Crippen molar-refractivity contribution in [2.75, 3.05) is 19.6 Å². The lowest BCUT2D eigenvalue weighted by atomic mass is 9.90. The third-order valence-electron chi connectivity index (χ3n) is 5.69. The van der Waals surface area contributed by atoms with Crippen molar-refractivity contribution in [3.05, 3.63) is 65.4 Å². The zero-order valence-corrected chi connectivity index (χ0v) is 15.7. The number of aromatic nitrogens is 1. The number of carbonyl (C=O) groups excluding carboxylic acids is 1. The maximum atomic E-state index is 12.8. The Kier molecular flexibility index (Phi) is 4.99. The Morgan fingerprint density at radius 1 is 1.15 bits per heavy atom. The summed E-state index contributed by atoms with van der Waals surface area (Å²) in [7, 11) is 0. The molecule has 1 fully saturated rings. The number of phenolic OH excluding ortho intramolecular Hbond substituents is 1. The van der Waals surface area contributed by atoms with E-state index in [1.54, 1.807) is 24.4 Å². The maximum Gasteiger partial charge on any atom is 0.178 e. The van der Waals surface area contributed by atoms with Crippen molar-refractivity contribution < 1.29 is 9.90 Å². The Hall–Kier alpha value is -2.59. The molecule has 2 N–H and O–H groups in total. The lowest BCUT2D eigenvalue weighted by Gasteiger charge is -2.31. The molecule has 0 spiro atoms. The lowest BCUT2D eigenvalue weighted by molar-refractivity contribution is 0.0897. The molecule has 0 bridgehead atoms. The molecule has 27 heavy (non-hydrogen) atoms. The van der Waals surface area contributed by atoms with Gasteiger partial charge in [-0.15, -0.1) is 0 Å². The zero-order chi connectivity index (χ0) is 18.8. The number of benzene rings is 2. The van der Waals surface area contributed by atoms with Gasteiger partial charge in [0.2, 0.25) is 0 Å². The quantitative estimate of drug-likeness (QED) is 0.665. The average Bonchev–Trinajstić information content (AvgIpc) is 3.08. The topological polar surface area (TPSA) is 56.3 Å². The number of carbonyl (C=O) groups is 1. The fourth-order valence-corrected chi connectivity index (χ4v) is 4.03. The SMILES string of the molecule is Cc1ccc(CC2CCN(CC(=O)c3c[nH]c4ccc(O)cc34)CC2)cc1. The Labute approximate surface area is 159 Å². The summed E-state index contributed by atoms with van der Waals surface area (Å²) in [4.78, 5) is 18.1. The van der Waals surface area contributed by atoms with Gasteiger partial charge in [0.1, 0.15) is 5.75 Å². The molecule has 1 saturated heterocycles. The van der Waals surface area contributed by atoms with Crippen molar-refractivity contribution in [1.82, 2.24) is 9.88 Å². The van der Waals surface area contributed by atoms with Gasteiger partial charge in [0, 0.05) is 22.7 Å². The number of aromatic hydroxyl groups is 1. The van der Waals surface area contributed by atoms with E-state index in [-0.39, 0.29) is 11.5 Å². The maximum absolute atomic E-state index is 12.8. The van der Waals surface area contributed by atoms with Crippen LogP contribution in [0.15, 0.2) is 48.7 Å². The van der Waals surface area contributed by atoms with E-state index in [0.717, 1.165) is 43.3 Å². The van der Waals surface area contributed by atoms with Gasteiger partial charge in [0.25, 0.3) is 0 Å². The van der Waals surface area contributed by atoms with E-state index >= 15 is 0 Å². The summed E-state index contributed by atoms with van der Waals surface area (Å²) in [6.45, 7) is 4.50. The number of Topliss-reactive ketones (excluding diaryl/α,β-unsaturated/α-hetero) is 1. The van der Waals surface area contributed by atoms with Crippen molar-refractivity contribution in [1.29, 1.82) is 0 Å². The molecule has 0 radical (unpaired) electrons. The third-order valence-corrected chi connectivity index (χ3v) is 5.69. The van der Waals surface area contributed by atoms with Gasteiger partial charge < -0.3 is 10.1 Å². The number of likely N-dealkylation sites (tertiary alicyclic amines) is 1. The van der Waals surface area contributed by atoms with E-state index in [1.807, 2.05) is 0 Å². The number of aromatic amines is 1. The summed E-state index contributed by atoms with van der Waals surface area (Å²) in [5.41, 5.74) is 4.27. The van der Waals surface area contributed by atoms with Crippen LogP contribution in [0.2, 0.25) is 0 Å². The largest absolute Gasteiger partial charge is 0.508 e. The molecule has 0 amide bonds. The Morgan fingerprint density at radius 2 is 1.89 bits per heavy atom. The minimum atomic E-state index is 0.115. The van der Waals surface area contributed by atoms with Gasteiger partial charge in [-0.25, -0.2) is 0 Å². The zero-order valence-electron chi connectivity index (χ0n) is 15.7. The Morgan fingerprint density at radius 3 is 2.63 bits per heavy atom. The van der Waals surface area contributed by atoms with E-state index in [4.69, 9.17) is 0 Å². The Bertz CT molecular complexity index is 935. The van der Waals surface area contributed by atoms with Crippen LogP contribution in [-0.4, -0.2) is 40.4 Å². The summed E-state index contributed by atoms with van der Waals surface area (Å²) in [5, 5.41) is 10.5. The van der Waals surface area contributed by atoms with Gasteiger partial charge in [-0.05, 0) is 69.0 Å². The second-order valence-electron chi connectivity index (χ2n) is 7.76. The molecule has 4 heteroatoms. The fraction of sp³-hybridized carbons (Fsp3) is 0.348. The third kappa shape index (κ3) is 4.06. The molecule has 0 unspecified atom stereocenters. The van der Waals surface area contributed by atoms with E-state index in [1.165, 1.54) is 11.1 Å². The number of phenols is 1. The Balaban J connectivity index is 1.34. The van der Waals surface area contributed by atoms with Crippen molar-refractivity contribution >= 4 is 16.7 Å². The summed E-state index contributed by atoms with van der Waals surface area (Å²) in [6, 6.07) is 13.9. The van der Waals surface area contributed by atoms with Crippen LogP contribution in [0.1, 0.15) is 34.3 Å². The second kappa shape index (κ2) is 7.57. The lowest BCUT2D eigenvalue weighted by Crippen LogP contribution is -2.37. The molecule has 2 heterocycles. The first-order chi connectivity index (χ1) is 13.1. The molecule has 1 aromatic heterocycles. The predicted molar refractivity (Wildman–Crippen MR) is 108 cm³/mol. The standard InChI is InChI=1S/C23H26N2O2/c1-16-2-4-17(5-3-16)12-18-8-10-25(11-9-18)15-23(27)21-14-24-22-7-6-19(26)13-20(21)22/h2-7,13-14,18,24,26H,8-12,15H2,1H3. The monoisotopic (exact) mass is 362 g/mol. The highest BCUT2D eigenvalue weighted by atomic mass is 16.3. The van der Waals surface area contributed by atoms with E-state index in [0.29, 0.717) is 18.0 Å². The number of aryl methyl sites for hydroxylation is 1.